The number of carbonyl (C=O) groups excluding carboxylic acids is 3. The summed E-state index contributed by atoms with van der Waals surface area (Å²) >= 11 is 6.30. The predicted molar refractivity (Wildman–Crippen MR) is 94.3 cm³/mol. The van der Waals surface area contributed by atoms with E-state index in [-0.39, 0.29) is 5.91 Å². The molecule has 0 spiro atoms. The van der Waals surface area contributed by atoms with Gasteiger partial charge in [0, 0.05) is 0 Å². The molecule has 1 saturated heterocycles. The Morgan fingerprint density at radius 2 is 1.83 bits per heavy atom. The zero-order chi connectivity index (χ0) is 17.9. The Kier molecular flexibility index (Phi) is 5.74. The fourth-order valence-electron chi connectivity index (χ4n) is 2.07. The molecule has 0 N–H and O–H groups in total. The second kappa shape index (κ2) is 7.59. The second-order valence-corrected chi connectivity index (χ2v) is 6.54. The fourth-order valence-corrected chi connectivity index (χ4v) is 3.49. The molecular weight excluding hydrogens is 350 g/mol. The lowest BCUT2D eigenvalue weighted by molar-refractivity contribution is -0.147. The zero-order valence-electron chi connectivity index (χ0n) is 13.3. The number of hydrogen-bond acceptors (Lipinski definition) is 7. The second-order valence-electron chi connectivity index (χ2n) is 4.86. The van der Waals surface area contributed by atoms with Crippen molar-refractivity contribution in [1.29, 1.82) is 0 Å². The minimum atomic E-state index is -0.782. The van der Waals surface area contributed by atoms with Crippen LogP contribution in [0.25, 0.3) is 6.08 Å². The summed E-state index contributed by atoms with van der Waals surface area (Å²) in [6.45, 7) is 1.56. The number of amides is 1. The van der Waals surface area contributed by atoms with Crippen LogP contribution in [0.15, 0.2) is 29.2 Å². The number of methoxy groups -OCH3 is 2. The van der Waals surface area contributed by atoms with Crippen LogP contribution >= 0.6 is 24.0 Å². The lowest BCUT2D eigenvalue weighted by atomic mass is 10.1. The van der Waals surface area contributed by atoms with Crippen LogP contribution < -0.4 is 0 Å². The van der Waals surface area contributed by atoms with Gasteiger partial charge in [0.25, 0.3) is 5.91 Å². The average Bonchev–Trinajstić information content (AvgIpc) is 2.87. The summed E-state index contributed by atoms with van der Waals surface area (Å²) in [6, 6.07) is 5.82. The molecule has 126 valence electrons. The van der Waals surface area contributed by atoms with Gasteiger partial charge in [-0.25, -0.2) is 9.59 Å². The van der Waals surface area contributed by atoms with E-state index >= 15 is 0 Å². The first-order valence-electron chi connectivity index (χ1n) is 6.92. The molecule has 1 atom stereocenters. The Bertz CT molecular complexity index is 726. The maximum Gasteiger partial charge on any atom is 0.337 e. The third-order valence-electron chi connectivity index (χ3n) is 3.38. The molecule has 24 heavy (non-hydrogen) atoms. The minimum Gasteiger partial charge on any atom is -0.467 e. The van der Waals surface area contributed by atoms with E-state index in [1.165, 1.54) is 19.1 Å². The van der Waals surface area contributed by atoms with Gasteiger partial charge in [0.05, 0.1) is 24.7 Å². The molecule has 1 fully saturated rings. The number of hydrogen-bond donors (Lipinski definition) is 0. The van der Waals surface area contributed by atoms with Gasteiger partial charge in [-0.3, -0.25) is 9.69 Å². The highest BCUT2D eigenvalue weighted by atomic mass is 32.2. The number of ether oxygens (including phenoxy) is 2. The molecule has 1 aromatic rings. The van der Waals surface area contributed by atoms with Gasteiger partial charge < -0.3 is 9.47 Å². The van der Waals surface area contributed by atoms with Crippen molar-refractivity contribution >= 4 is 52.2 Å². The maximum absolute atomic E-state index is 12.5. The summed E-state index contributed by atoms with van der Waals surface area (Å²) in [4.78, 5) is 37.2. The zero-order valence-corrected chi connectivity index (χ0v) is 14.9. The first-order valence-corrected chi connectivity index (χ1v) is 8.14. The van der Waals surface area contributed by atoms with Crippen LogP contribution in [-0.2, 0) is 19.1 Å². The Hall–Kier alpha value is -2.19. The Morgan fingerprint density at radius 1 is 1.21 bits per heavy atom. The largest absolute Gasteiger partial charge is 0.467 e. The van der Waals surface area contributed by atoms with E-state index in [0.717, 1.165) is 17.3 Å². The molecule has 8 heteroatoms. The molecule has 2 rings (SSSR count). The summed E-state index contributed by atoms with van der Waals surface area (Å²) < 4.78 is 9.59. The number of nitrogens with zero attached hydrogens (tertiary/aromatic N) is 1. The van der Waals surface area contributed by atoms with Crippen molar-refractivity contribution in [3.8, 4) is 0 Å². The number of benzene rings is 1. The highest BCUT2D eigenvalue weighted by Crippen LogP contribution is 2.34. The van der Waals surface area contributed by atoms with E-state index in [2.05, 4.69) is 9.47 Å². The van der Waals surface area contributed by atoms with E-state index in [9.17, 15) is 14.4 Å². The van der Waals surface area contributed by atoms with Crippen LogP contribution in [0.1, 0.15) is 22.8 Å². The van der Waals surface area contributed by atoms with Crippen LogP contribution in [0.3, 0.4) is 0 Å². The molecule has 0 radical (unpaired) electrons. The van der Waals surface area contributed by atoms with E-state index in [1.54, 1.807) is 37.3 Å². The molecule has 6 nitrogen and oxygen atoms in total. The van der Waals surface area contributed by atoms with E-state index < -0.39 is 18.0 Å². The van der Waals surface area contributed by atoms with E-state index in [4.69, 9.17) is 12.2 Å². The predicted octanol–water partition coefficient (Wildman–Crippen LogP) is 2.24. The number of rotatable bonds is 4. The van der Waals surface area contributed by atoms with Gasteiger partial charge in [0.1, 0.15) is 10.4 Å². The van der Waals surface area contributed by atoms with Crippen LogP contribution in [0, 0.1) is 0 Å². The summed E-state index contributed by atoms with van der Waals surface area (Å²) in [7, 11) is 2.57. The van der Waals surface area contributed by atoms with Gasteiger partial charge in [0.2, 0.25) is 0 Å². The number of esters is 2. The van der Waals surface area contributed by atoms with Crippen molar-refractivity contribution in [3.63, 3.8) is 0 Å². The molecule has 1 aliphatic heterocycles. The summed E-state index contributed by atoms with van der Waals surface area (Å²) in [6.07, 6.45) is 1.66. The SMILES string of the molecule is COC(=O)c1ccc(/C=C2\SC(=S)N(C(C)C(=O)OC)C2=O)cc1. The van der Waals surface area contributed by atoms with Crippen molar-refractivity contribution in [2.45, 2.75) is 13.0 Å². The molecule has 1 amide bonds. The monoisotopic (exact) mass is 365 g/mol. The normalized spacial score (nSPS) is 17.1. The van der Waals surface area contributed by atoms with E-state index in [0.29, 0.717) is 14.8 Å². The topological polar surface area (TPSA) is 72.9 Å². The van der Waals surface area contributed by atoms with Crippen molar-refractivity contribution in [3.05, 3.63) is 40.3 Å². The smallest absolute Gasteiger partial charge is 0.337 e. The molecule has 1 aromatic carbocycles. The van der Waals surface area contributed by atoms with Gasteiger partial charge in [-0.15, -0.1) is 0 Å². The molecule has 1 aliphatic rings. The molecule has 0 saturated carbocycles. The van der Waals surface area contributed by atoms with Crippen molar-refractivity contribution in [2.75, 3.05) is 14.2 Å². The van der Waals surface area contributed by atoms with Crippen molar-refractivity contribution < 1.29 is 23.9 Å². The number of carbonyl (C=O) groups is 3. The fraction of sp³-hybridized carbons (Fsp3) is 0.250. The van der Waals surface area contributed by atoms with Gasteiger partial charge in [-0.1, -0.05) is 36.1 Å². The van der Waals surface area contributed by atoms with Gasteiger partial charge in [-0.2, -0.15) is 0 Å². The molecule has 1 unspecified atom stereocenters. The molecule has 0 aliphatic carbocycles. The number of thiocarbonyl (C=S) groups is 1. The maximum atomic E-state index is 12.5. The third kappa shape index (κ3) is 3.65. The van der Waals surface area contributed by atoms with Crippen LogP contribution in [-0.4, -0.2) is 47.3 Å². The Balaban J connectivity index is 2.22. The highest BCUT2D eigenvalue weighted by molar-refractivity contribution is 8.26. The van der Waals surface area contributed by atoms with Crippen molar-refractivity contribution in [1.82, 2.24) is 4.90 Å². The molecule has 0 bridgehead atoms. The van der Waals surface area contributed by atoms with Crippen LogP contribution in [0.5, 0.6) is 0 Å². The summed E-state index contributed by atoms with van der Waals surface area (Å²) in [5.41, 5.74) is 1.15. The average molecular weight is 365 g/mol. The molecule has 0 aromatic heterocycles. The lowest BCUT2D eigenvalue weighted by Crippen LogP contribution is -2.42. The van der Waals surface area contributed by atoms with Gasteiger partial charge in [0.15, 0.2) is 0 Å². The third-order valence-corrected chi connectivity index (χ3v) is 4.71. The summed E-state index contributed by atoms with van der Waals surface area (Å²) in [5.74, 6) is -1.31. The van der Waals surface area contributed by atoms with E-state index in [1.807, 2.05) is 0 Å². The standard InChI is InChI=1S/C16H15NO5S2/c1-9(14(19)21-2)17-13(18)12(24-16(17)23)8-10-4-6-11(7-5-10)15(20)22-3/h4-9H,1-3H3/b12-8-. The van der Waals surface area contributed by atoms with Crippen molar-refractivity contribution in [2.24, 2.45) is 0 Å². The Labute approximate surface area is 148 Å². The first-order chi connectivity index (χ1) is 11.4. The highest BCUT2D eigenvalue weighted by Gasteiger charge is 2.38. The lowest BCUT2D eigenvalue weighted by Gasteiger charge is -2.20. The van der Waals surface area contributed by atoms with Crippen LogP contribution in [0.4, 0.5) is 0 Å². The summed E-state index contributed by atoms with van der Waals surface area (Å²) in [5, 5.41) is 0. The van der Waals surface area contributed by atoms with Gasteiger partial charge >= 0.3 is 11.9 Å². The minimum absolute atomic E-state index is 0.301. The van der Waals surface area contributed by atoms with Crippen LogP contribution in [0.2, 0.25) is 0 Å². The molecular formula is C16H15NO5S2. The molecule has 1 heterocycles. The first kappa shape index (κ1) is 18.2. The van der Waals surface area contributed by atoms with Gasteiger partial charge in [-0.05, 0) is 30.7 Å². The Morgan fingerprint density at radius 3 is 2.38 bits per heavy atom. The number of thioether (sulfide) groups is 1. The quantitative estimate of drug-likeness (QED) is 0.460.